The first-order valence-corrected chi connectivity index (χ1v) is 7.41. The molecule has 0 unspecified atom stereocenters. The quantitative estimate of drug-likeness (QED) is 0.834. The fraction of sp³-hybridized carbons (Fsp3) is 0.533. The van der Waals surface area contributed by atoms with E-state index >= 15 is 0 Å². The monoisotopic (exact) mass is 290 g/mol. The number of aromatic nitrogens is 1. The van der Waals surface area contributed by atoms with Crippen molar-refractivity contribution in [1.82, 2.24) is 15.2 Å². The van der Waals surface area contributed by atoms with Crippen LogP contribution in [0.5, 0.6) is 0 Å². The van der Waals surface area contributed by atoms with Crippen molar-refractivity contribution in [2.45, 2.75) is 32.2 Å². The van der Waals surface area contributed by atoms with Crippen LogP contribution in [0, 0.1) is 0 Å². The van der Waals surface area contributed by atoms with Crippen molar-refractivity contribution >= 4 is 11.8 Å². The number of carbonyl (C=O) groups excluding carboxylic acids is 2. The molecular weight excluding hydrogens is 268 g/mol. The number of nitrogens with one attached hydrogen (secondary N) is 1. The molecule has 2 heterocycles. The molecule has 1 aromatic heterocycles. The standard InChI is InChI=1S/C15H22N4O2/c16-10-12-4-5-13(18-11-12)15(21)17-7-6-14(20)19-8-2-1-3-9-19/h4-5,11H,1-3,6-10,16H2,(H,17,21). The van der Waals surface area contributed by atoms with Crippen molar-refractivity contribution in [3.63, 3.8) is 0 Å². The van der Waals surface area contributed by atoms with E-state index in [0.717, 1.165) is 31.5 Å². The van der Waals surface area contributed by atoms with E-state index in [2.05, 4.69) is 10.3 Å². The SMILES string of the molecule is NCc1ccc(C(=O)NCCC(=O)N2CCCCC2)nc1. The Morgan fingerprint density at radius 3 is 2.62 bits per heavy atom. The normalized spacial score (nSPS) is 14.8. The zero-order valence-electron chi connectivity index (χ0n) is 12.2. The first-order chi connectivity index (χ1) is 10.2. The summed E-state index contributed by atoms with van der Waals surface area (Å²) < 4.78 is 0. The molecule has 21 heavy (non-hydrogen) atoms. The Morgan fingerprint density at radius 2 is 2.00 bits per heavy atom. The second kappa shape index (κ2) is 7.73. The highest BCUT2D eigenvalue weighted by atomic mass is 16.2. The van der Waals surface area contributed by atoms with E-state index in [0.29, 0.717) is 25.2 Å². The third-order valence-electron chi connectivity index (χ3n) is 3.63. The van der Waals surface area contributed by atoms with Gasteiger partial charge in [0.1, 0.15) is 5.69 Å². The molecule has 2 amide bonds. The minimum absolute atomic E-state index is 0.112. The van der Waals surface area contributed by atoms with Gasteiger partial charge in [-0.3, -0.25) is 14.6 Å². The second-order valence-corrected chi connectivity index (χ2v) is 5.20. The van der Waals surface area contributed by atoms with E-state index in [1.165, 1.54) is 6.42 Å². The van der Waals surface area contributed by atoms with Gasteiger partial charge in [0.2, 0.25) is 5.91 Å². The number of likely N-dealkylation sites (tertiary alicyclic amines) is 1. The molecule has 6 heteroatoms. The van der Waals surface area contributed by atoms with Gasteiger partial charge in [-0.15, -0.1) is 0 Å². The molecule has 0 bridgehead atoms. The Labute approximate surface area is 124 Å². The van der Waals surface area contributed by atoms with Gasteiger partial charge in [0.05, 0.1) is 0 Å². The fourth-order valence-electron chi connectivity index (χ4n) is 2.35. The minimum atomic E-state index is -0.259. The van der Waals surface area contributed by atoms with Gasteiger partial charge in [-0.2, -0.15) is 0 Å². The van der Waals surface area contributed by atoms with E-state index in [4.69, 9.17) is 5.73 Å². The molecule has 1 fully saturated rings. The number of carbonyl (C=O) groups is 2. The van der Waals surface area contributed by atoms with Crippen molar-refractivity contribution in [2.75, 3.05) is 19.6 Å². The number of hydrogen-bond acceptors (Lipinski definition) is 4. The number of piperidine rings is 1. The van der Waals surface area contributed by atoms with Gasteiger partial charge in [0, 0.05) is 38.8 Å². The first-order valence-electron chi connectivity index (χ1n) is 7.41. The molecular formula is C15H22N4O2. The number of amides is 2. The van der Waals surface area contributed by atoms with Crippen LogP contribution < -0.4 is 11.1 Å². The van der Waals surface area contributed by atoms with Crippen LogP contribution in [-0.4, -0.2) is 41.3 Å². The molecule has 114 valence electrons. The highest BCUT2D eigenvalue weighted by Gasteiger charge is 2.16. The van der Waals surface area contributed by atoms with E-state index in [1.54, 1.807) is 18.3 Å². The van der Waals surface area contributed by atoms with E-state index in [-0.39, 0.29) is 11.8 Å². The molecule has 3 N–H and O–H groups in total. The van der Waals surface area contributed by atoms with Crippen molar-refractivity contribution < 1.29 is 9.59 Å². The van der Waals surface area contributed by atoms with Gasteiger partial charge >= 0.3 is 0 Å². The molecule has 0 saturated carbocycles. The summed E-state index contributed by atoms with van der Waals surface area (Å²) in [5.74, 6) is -0.147. The predicted octanol–water partition coefficient (Wildman–Crippen LogP) is 0.673. The molecule has 0 aliphatic carbocycles. The second-order valence-electron chi connectivity index (χ2n) is 5.20. The average molecular weight is 290 g/mol. The number of nitrogens with zero attached hydrogens (tertiary/aromatic N) is 2. The lowest BCUT2D eigenvalue weighted by Crippen LogP contribution is -2.37. The highest BCUT2D eigenvalue weighted by Crippen LogP contribution is 2.09. The van der Waals surface area contributed by atoms with Crippen LogP contribution in [0.1, 0.15) is 41.7 Å². The Kier molecular flexibility index (Phi) is 5.68. The fourth-order valence-corrected chi connectivity index (χ4v) is 2.35. The summed E-state index contributed by atoms with van der Waals surface area (Å²) in [6.07, 6.45) is 5.29. The summed E-state index contributed by atoms with van der Waals surface area (Å²) in [7, 11) is 0. The number of nitrogens with two attached hydrogens (primary N) is 1. The summed E-state index contributed by atoms with van der Waals surface area (Å²) in [6, 6.07) is 3.42. The topological polar surface area (TPSA) is 88.3 Å². The Bertz CT molecular complexity index is 481. The Hall–Kier alpha value is -1.95. The van der Waals surface area contributed by atoms with Crippen LogP contribution >= 0.6 is 0 Å². The zero-order valence-corrected chi connectivity index (χ0v) is 12.2. The maximum atomic E-state index is 11.9. The van der Waals surface area contributed by atoms with Gasteiger partial charge in [-0.05, 0) is 30.9 Å². The van der Waals surface area contributed by atoms with Crippen molar-refractivity contribution in [3.05, 3.63) is 29.6 Å². The number of rotatable bonds is 5. The van der Waals surface area contributed by atoms with E-state index in [1.807, 2.05) is 4.90 Å². The molecule has 2 rings (SSSR count). The molecule has 0 radical (unpaired) electrons. The molecule has 0 spiro atoms. The Morgan fingerprint density at radius 1 is 1.24 bits per heavy atom. The summed E-state index contributed by atoms with van der Waals surface area (Å²) in [5.41, 5.74) is 6.70. The lowest BCUT2D eigenvalue weighted by Gasteiger charge is -2.26. The lowest BCUT2D eigenvalue weighted by atomic mass is 10.1. The van der Waals surface area contributed by atoms with Gasteiger partial charge < -0.3 is 16.0 Å². The van der Waals surface area contributed by atoms with Crippen LogP contribution in [0.4, 0.5) is 0 Å². The molecule has 1 saturated heterocycles. The largest absolute Gasteiger partial charge is 0.350 e. The molecule has 1 aromatic rings. The van der Waals surface area contributed by atoms with Crippen molar-refractivity contribution in [2.24, 2.45) is 5.73 Å². The van der Waals surface area contributed by atoms with Crippen LogP contribution in [0.15, 0.2) is 18.3 Å². The molecule has 1 aliphatic rings. The van der Waals surface area contributed by atoms with Crippen LogP contribution in [0.2, 0.25) is 0 Å². The summed E-state index contributed by atoms with van der Waals surface area (Å²) in [6.45, 7) is 2.43. The molecule has 0 aromatic carbocycles. The van der Waals surface area contributed by atoms with Crippen molar-refractivity contribution in [3.8, 4) is 0 Å². The summed E-state index contributed by atoms with van der Waals surface area (Å²) in [5, 5.41) is 2.73. The van der Waals surface area contributed by atoms with Gasteiger partial charge in [-0.25, -0.2) is 0 Å². The predicted molar refractivity (Wildman–Crippen MR) is 79.5 cm³/mol. The van der Waals surface area contributed by atoms with E-state index < -0.39 is 0 Å². The van der Waals surface area contributed by atoms with E-state index in [9.17, 15) is 9.59 Å². The molecule has 6 nitrogen and oxygen atoms in total. The number of hydrogen-bond donors (Lipinski definition) is 2. The van der Waals surface area contributed by atoms with Crippen LogP contribution in [-0.2, 0) is 11.3 Å². The highest BCUT2D eigenvalue weighted by molar-refractivity contribution is 5.92. The van der Waals surface area contributed by atoms with Crippen LogP contribution in [0.25, 0.3) is 0 Å². The van der Waals surface area contributed by atoms with Gasteiger partial charge in [-0.1, -0.05) is 6.07 Å². The first kappa shape index (κ1) is 15.4. The number of pyridine rings is 1. The molecule has 0 atom stereocenters. The van der Waals surface area contributed by atoms with Crippen molar-refractivity contribution in [1.29, 1.82) is 0 Å². The molecule has 1 aliphatic heterocycles. The third kappa shape index (κ3) is 4.53. The maximum absolute atomic E-state index is 11.9. The van der Waals surface area contributed by atoms with Gasteiger partial charge in [0.15, 0.2) is 0 Å². The summed E-state index contributed by atoms with van der Waals surface area (Å²) >= 11 is 0. The lowest BCUT2D eigenvalue weighted by molar-refractivity contribution is -0.131. The third-order valence-corrected chi connectivity index (χ3v) is 3.63. The smallest absolute Gasteiger partial charge is 0.269 e. The Balaban J connectivity index is 1.74. The average Bonchev–Trinajstić information content (AvgIpc) is 2.55. The minimum Gasteiger partial charge on any atom is -0.350 e. The van der Waals surface area contributed by atoms with Crippen LogP contribution in [0.3, 0.4) is 0 Å². The maximum Gasteiger partial charge on any atom is 0.269 e. The summed E-state index contributed by atoms with van der Waals surface area (Å²) in [4.78, 5) is 29.7. The van der Waals surface area contributed by atoms with Gasteiger partial charge in [0.25, 0.3) is 5.91 Å². The zero-order chi connectivity index (χ0) is 15.1.